The van der Waals surface area contributed by atoms with Crippen molar-refractivity contribution in [2.75, 3.05) is 6.61 Å². The predicted octanol–water partition coefficient (Wildman–Crippen LogP) is 2.32. The maximum absolute atomic E-state index is 12.2. The van der Waals surface area contributed by atoms with Crippen LogP contribution in [-0.2, 0) is 11.4 Å². The van der Waals surface area contributed by atoms with Gasteiger partial charge in [0.15, 0.2) is 0 Å². The molecule has 2 heterocycles. The van der Waals surface area contributed by atoms with E-state index in [4.69, 9.17) is 9.94 Å². The summed E-state index contributed by atoms with van der Waals surface area (Å²) in [6.45, 7) is 6.26. The molecule has 21 heavy (non-hydrogen) atoms. The Labute approximate surface area is 124 Å². The van der Waals surface area contributed by atoms with Crippen molar-refractivity contribution < 1.29 is 14.7 Å². The molecule has 0 aliphatic carbocycles. The Morgan fingerprint density at radius 2 is 2.38 bits per heavy atom. The largest absolute Gasteiger partial charge is 0.477 e. The van der Waals surface area contributed by atoms with Gasteiger partial charge in [0.1, 0.15) is 17.0 Å². The van der Waals surface area contributed by atoms with Gasteiger partial charge < -0.3 is 14.5 Å². The first-order valence-electron chi connectivity index (χ1n) is 6.25. The first-order valence-corrected chi connectivity index (χ1v) is 7.06. The molecule has 1 N–H and O–H groups in total. The lowest BCUT2D eigenvalue weighted by Gasteiger charge is -2.05. The number of pyridine rings is 1. The van der Waals surface area contributed by atoms with Crippen molar-refractivity contribution in [3.63, 3.8) is 0 Å². The third-order valence-corrected chi connectivity index (χ3v) is 3.89. The van der Waals surface area contributed by atoms with Crippen LogP contribution in [0.25, 0.3) is 10.2 Å². The molecule has 2 rings (SSSR count). The molecule has 0 aliphatic rings. The normalized spacial score (nSPS) is 11.1. The SMILES string of the molecule is C=CCON=Cc1cc2c(=O)c(C(=O)O)cn(CC)c2s1. The number of nitrogens with zero attached hydrogens (tertiary/aromatic N) is 2. The number of aromatic carboxylic acids is 1. The summed E-state index contributed by atoms with van der Waals surface area (Å²) in [5.74, 6) is -1.22. The Hall–Kier alpha value is -2.41. The Kier molecular flexibility index (Phi) is 4.54. The Morgan fingerprint density at radius 3 is 3.00 bits per heavy atom. The molecule has 0 spiro atoms. The van der Waals surface area contributed by atoms with Crippen LogP contribution in [0.3, 0.4) is 0 Å². The molecule has 0 atom stereocenters. The monoisotopic (exact) mass is 306 g/mol. The molecule has 110 valence electrons. The van der Waals surface area contributed by atoms with E-state index < -0.39 is 11.4 Å². The van der Waals surface area contributed by atoms with Crippen molar-refractivity contribution in [3.05, 3.63) is 45.6 Å². The molecule has 0 radical (unpaired) electrons. The van der Waals surface area contributed by atoms with E-state index in [1.54, 1.807) is 16.7 Å². The van der Waals surface area contributed by atoms with Gasteiger partial charge in [0, 0.05) is 12.7 Å². The number of fused-ring (bicyclic) bond motifs is 1. The van der Waals surface area contributed by atoms with Gasteiger partial charge in [0.25, 0.3) is 0 Å². The minimum absolute atomic E-state index is 0.228. The van der Waals surface area contributed by atoms with Crippen molar-refractivity contribution >= 4 is 33.7 Å². The minimum Gasteiger partial charge on any atom is -0.477 e. The predicted molar refractivity (Wildman–Crippen MR) is 82.5 cm³/mol. The number of oxime groups is 1. The van der Waals surface area contributed by atoms with Crippen LogP contribution >= 0.6 is 11.3 Å². The van der Waals surface area contributed by atoms with E-state index in [1.165, 1.54) is 23.7 Å². The fourth-order valence-corrected chi connectivity index (χ4v) is 2.89. The Bertz CT molecular complexity index is 773. The first kappa shape index (κ1) is 15.0. The lowest BCUT2D eigenvalue weighted by atomic mass is 10.2. The fourth-order valence-electron chi connectivity index (χ4n) is 1.83. The number of carboxylic acid groups (broad SMARTS) is 1. The molecule has 0 bridgehead atoms. The van der Waals surface area contributed by atoms with Crippen LogP contribution in [0, 0.1) is 0 Å². The second kappa shape index (κ2) is 6.36. The summed E-state index contributed by atoms with van der Waals surface area (Å²) in [7, 11) is 0. The highest BCUT2D eigenvalue weighted by Crippen LogP contribution is 2.23. The van der Waals surface area contributed by atoms with Crippen molar-refractivity contribution in [2.45, 2.75) is 13.5 Å². The summed E-state index contributed by atoms with van der Waals surface area (Å²) in [6.07, 6.45) is 4.44. The highest BCUT2D eigenvalue weighted by Gasteiger charge is 2.16. The lowest BCUT2D eigenvalue weighted by Crippen LogP contribution is -2.17. The number of rotatable bonds is 6. The van der Waals surface area contributed by atoms with Crippen LogP contribution < -0.4 is 5.43 Å². The van der Waals surface area contributed by atoms with Crippen LogP contribution in [-0.4, -0.2) is 28.5 Å². The average molecular weight is 306 g/mol. The maximum atomic E-state index is 12.2. The molecular weight excluding hydrogens is 292 g/mol. The highest BCUT2D eigenvalue weighted by atomic mass is 32.1. The van der Waals surface area contributed by atoms with Gasteiger partial charge in [-0.1, -0.05) is 17.8 Å². The van der Waals surface area contributed by atoms with Crippen molar-refractivity contribution in [1.82, 2.24) is 4.57 Å². The zero-order valence-corrected chi connectivity index (χ0v) is 12.2. The smallest absolute Gasteiger partial charge is 0.341 e. The quantitative estimate of drug-likeness (QED) is 0.384. The highest BCUT2D eigenvalue weighted by molar-refractivity contribution is 7.20. The summed E-state index contributed by atoms with van der Waals surface area (Å²) >= 11 is 1.36. The molecule has 0 fully saturated rings. The minimum atomic E-state index is -1.22. The molecular formula is C14H14N2O4S. The van der Waals surface area contributed by atoms with Crippen LogP contribution in [0.15, 0.2) is 34.9 Å². The summed E-state index contributed by atoms with van der Waals surface area (Å²) in [6, 6.07) is 1.63. The summed E-state index contributed by atoms with van der Waals surface area (Å²) in [4.78, 5) is 29.6. The molecule has 0 unspecified atom stereocenters. The Morgan fingerprint density at radius 1 is 1.62 bits per heavy atom. The fraction of sp³-hybridized carbons (Fsp3) is 0.214. The first-order chi connectivity index (χ1) is 10.1. The zero-order chi connectivity index (χ0) is 15.4. The van der Waals surface area contributed by atoms with Gasteiger partial charge in [-0.2, -0.15) is 0 Å². The summed E-state index contributed by atoms with van der Waals surface area (Å²) in [5.41, 5.74) is -0.710. The van der Waals surface area contributed by atoms with Crippen molar-refractivity contribution in [3.8, 4) is 0 Å². The van der Waals surface area contributed by atoms with E-state index in [0.717, 1.165) is 9.71 Å². The molecule has 6 nitrogen and oxygen atoms in total. The van der Waals surface area contributed by atoms with Gasteiger partial charge in [0.2, 0.25) is 5.43 Å². The molecule has 0 saturated carbocycles. The summed E-state index contributed by atoms with van der Waals surface area (Å²) < 4.78 is 1.74. The maximum Gasteiger partial charge on any atom is 0.341 e. The third kappa shape index (κ3) is 3.03. The molecule has 2 aromatic rings. The van der Waals surface area contributed by atoms with E-state index in [-0.39, 0.29) is 5.56 Å². The molecule has 0 aromatic carbocycles. The van der Waals surface area contributed by atoms with Crippen LogP contribution in [0.1, 0.15) is 22.2 Å². The number of carbonyl (C=O) groups is 1. The lowest BCUT2D eigenvalue weighted by molar-refractivity contribution is 0.0695. The molecule has 2 aromatic heterocycles. The van der Waals surface area contributed by atoms with Gasteiger partial charge >= 0.3 is 5.97 Å². The molecule has 0 aliphatic heterocycles. The second-order valence-corrected chi connectivity index (χ2v) is 5.21. The van der Waals surface area contributed by atoms with Gasteiger partial charge in [0.05, 0.1) is 16.5 Å². The second-order valence-electron chi connectivity index (χ2n) is 4.15. The number of aromatic nitrogens is 1. The Balaban J connectivity index is 2.53. The van der Waals surface area contributed by atoms with Crippen molar-refractivity contribution in [2.24, 2.45) is 5.16 Å². The zero-order valence-electron chi connectivity index (χ0n) is 11.4. The van der Waals surface area contributed by atoms with Crippen molar-refractivity contribution in [1.29, 1.82) is 0 Å². The van der Waals surface area contributed by atoms with Gasteiger partial charge in [-0.3, -0.25) is 4.79 Å². The average Bonchev–Trinajstić information content (AvgIpc) is 2.88. The number of thiophene rings is 1. The van der Waals surface area contributed by atoms with E-state index in [2.05, 4.69) is 11.7 Å². The van der Waals surface area contributed by atoms with E-state index >= 15 is 0 Å². The summed E-state index contributed by atoms with van der Waals surface area (Å²) in [5, 5.41) is 13.2. The number of hydrogen-bond acceptors (Lipinski definition) is 5. The topological polar surface area (TPSA) is 80.9 Å². The van der Waals surface area contributed by atoms with Crippen LogP contribution in [0.5, 0.6) is 0 Å². The van der Waals surface area contributed by atoms with E-state index in [0.29, 0.717) is 18.5 Å². The molecule has 0 saturated heterocycles. The van der Waals surface area contributed by atoms with E-state index in [1.807, 2.05) is 6.92 Å². The van der Waals surface area contributed by atoms with Gasteiger partial charge in [-0.25, -0.2) is 4.79 Å². The van der Waals surface area contributed by atoms with Gasteiger partial charge in [-0.15, -0.1) is 11.3 Å². The third-order valence-electron chi connectivity index (χ3n) is 2.78. The standard InChI is InChI=1S/C14H14N2O4S/c1-3-5-20-15-7-9-6-10-12(17)11(14(18)19)8-16(4-2)13(10)21-9/h3,6-8H,1,4-5H2,2H3,(H,18,19). The number of carboxylic acids is 1. The van der Waals surface area contributed by atoms with Crippen LogP contribution in [0.4, 0.5) is 0 Å². The molecule has 7 heteroatoms. The number of aryl methyl sites for hydroxylation is 1. The molecule has 0 amide bonds. The van der Waals surface area contributed by atoms with Crippen LogP contribution in [0.2, 0.25) is 0 Å². The van der Waals surface area contributed by atoms with Gasteiger partial charge in [-0.05, 0) is 13.0 Å². The van der Waals surface area contributed by atoms with E-state index in [9.17, 15) is 9.59 Å². The number of hydrogen-bond donors (Lipinski definition) is 1.